The topological polar surface area (TPSA) is 35.6 Å². The average Bonchev–Trinajstić information content (AvgIpc) is 2.97. The number of nitrogens with zero attached hydrogens (tertiary/aromatic N) is 2. The number of nitrogens with one attached hydrogen (secondary N) is 1. The van der Waals surface area contributed by atoms with Crippen LogP contribution in [0.3, 0.4) is 0 Å². The third-order valence-corrected chi connectivity index (χ3v) is 4.63. The Labute approximate surface area is 111 Å². The Morgan fingerprint density at radius 3 is 2.89 bits per heavy atom. The molecule has 2 fully saturated rings. The van der Waals surface area contributed by atoms with Crippen LogP contribution in [0.15, 0.2) is 0 Å². The molecular weight excluding hydrogens is 226 g/mol. The molecule has 1 N–H and O–H groups in total. The average molecular weight is 253 g/mol. The predicted octanol–water partition coefficient (Wildman–Crippen LogP) is 1.27. The van der Waals surface area contributed by atoms with Crippen LogP contribution in [0.5, 0.6) is 0 Å². The van der Waals surface area contributed by atoms with Gasteiger partial charge in [-0.25, -0.2) is 0 Å². The van der Waals surface area contributed by atoms with E-state index in [4.69, 9.17) is 0 Å². The third kappa shape index (κ3) is 2.69. The summed E-state index contributed by atoms with van der Waals surface area (Å²) in [5.41, 5.74) is 0. The Balaban J connectivity index is 1.89. The van der Waals surface area contributed by atoms with Gasteiger partial charge >= 0.3 is 0 Å². The number of likely N-dealkylation sites (N-methyl/N-ethyl adjacent to an activating group) is 1. The molecule has 3 unspecified atom stereocenters. The zero-order valence-electron chi connectivity index (χ0n) is 12.0. The summed E-state index contributed by atoms with van der Waals surface area (Å²) in [6.45, 7) is 10.5. The highest BCUT2D eigenvalue weighted by Crippen LogP contribution is 2.21. The monoisotopic (exact) mass is 253 g/mol. The molecule has 2 heterocycles. The number of carbonyl (C=O) groups is 1. The van der Waals surface area contributed by atoms with Crippen LogP contribution < -0.4 is 5.32 Å². The van der Waals surface area contributed by atoms with Gasteiger partial charge in [0.1, 0.15) is 0 Å². The predicted molar refractivity (Wildman–Crippen MR) is 73.2 cm³/mol. The SMILES string of the molecule is CCC(C)C1NCN(CC2CCCN2CC)C1=O. The lowest BCUT2D eigenvalue weighted by atomic mass is 9.99. The second kappa shape index (κ2) is 6.02. The molecule has 0 bridgehead atoms. The minimum absolute atomic E-state index is 0.0477. The molecule has 4 heteroatoms. The van der Waals surface area contributed by atoms with Crippen molar-refractivity contribution in [3.8, 4) is 0 Å². The highest BCUT2D eigenvalue weighted by Gasteiger charge is 2.36. The van der Waals surface area contributed by atoms with Crippen LogP contribution in [0.4, 0.5) is 0 Å². The molecular formula is C14H27N3O. The van der Waals surface area contributed by atoms with Gasteiger partial charge in [0.05, 0.1) is 12.7 Å². The maximum atomic E-state index is 12.3. The van der Waals surface area contributed by atoms with Gasteiger partial charge in [0.15, 0.2) is 0 Å². The van der Waals surface area contributed by atoms with Crippen LogP contribution in [0, 0.1) is 5.92 Å². The Bertz CT molecular complexity index is 295. The molecule has 0 spiro atoms. The van der Waals surface area contributed by atoms with E-state index in [0.29, 0.717) is 17.9 Å². The first-order valence-corrected chi connectivity index (χ1v) is 7.43. The maximum Gasteiger partial charge on any atom is 0.241 e. The van der Waals surface area contributed by atoms with Crippen molar-refractivity contribution in [2.24, 2.45) is 5.92 Å². The molecule has 0 aromatic rings. The molecule has 2 aliphatic heterocycles. The van der Waals surface area contributed by atoms with Crippen molar-refractivity contribution in [3.05, 3.63) is 0 Å². The van der Waals surface area contributed by atoms with Crippen molar-refractivity contribution in [1.82, 2.24) is 15.1 Å². The molecule has 0 aromatic carbocycles. The van der Waals surface area contributed by atoms with Gasteiger partial charge in [-0.3, -0.25) is 15.0 Å². The molecule has 18 heavy (non-hydrogen) atoms. The Hall–Kier alpha value is -0.610. The van der Waals surface area contributed by atoms with Crippen molar-refractivity contribution in [2.45, 2.75) is 52.1 Å². The fraction of sp³-hybridized carbons (Fsp3) is 0.929. The summed E-state index contributed by atoms with van der Waals surface area (Å²) in [7, 11) is 0. The summed E-state index contributed by atoms with van der Waals surface area (Å²) in [5.74, 6) is 0.751. The van der Waals surface area contributed by atoms with Crippen LogP contribution in [-0.4, -0.2) is 54.1 Å². The summed E-state index contributed by atoms with van der Waals surface area (Å²) in [6, 6.07) is 0.628. The first-order chi connectivity index (χ1) is 8.67. The number of amides is 1. The van der Waals surface area contributed by atoms with E-state index in [0.717, 1.165) is 26.2 Å². The molecule has 4 nitrogen and oxygen atoms in total. The van der Waals surface area contributed by atoms with E-state index in [-0.39, 0.29) is 6.04 Å². The molecule has 0 aromatic heterocycles. The van der Waals surface area contributed by atoms with Gasteiger partial charge in [-0.15, -0.1) is 0 Å². The smallest absolute Gasteiger partial charge is 0.241 e. The number of hydrogen-bond donors (Lipinski definition) is 1. The highest BCUT2D eigenvalue weighted by atomic mass is 16.2. The van der Waals surface area contributed by atoms with Crippen molar-refractivity contribution < 1.29 is 4.79 Å². The Kier molecular flexibility index (Phi) is 4.62. The highest BCUT2D eigenvalue weighted by molar-refractivity contribution is 5.84. The van der Waals surface area contributed by atoms with Gasteiger partial charge in [0.2, 0.25) is 5.91 Å². The largest absolute Gasteiger partial charge is 0.327 e. The molecule has 0 saturated carbocycles. The zero-order chi connectivity index (χ0) is 13.1. The molecule has 2 aliphatic rings. The number of likely N-dealkylation sites (tertiary alicyclic amines) is 1. The second-order valence-electron chi connectivity index (χ2n) is 5.71. The minimum Gasteiger partial charge on any atom is -0.327 e. The van der Waals surface area contributed by atoms with E-state index in [9.17, 15) is 4.79 Å². The summed E-state index contributed by atoms with van der Waals surface area (Å²) in [5, 5.41) is 3.37. The second-order valence-corrected chi connectivity index (χ2v) is 5.71. The lowest BCUT2D eigenvalue weighted by molar-refractivity contribution is -0.130. The van der Waals surface area contributed by atoms with E-state index in [2.05, 4.69) is 31.0 Å². The van der Waals surface area contributed by atoms with Crippen molar-refractivity contribution in [3.63, 3.8) is 0 Å². The van der Waals surface area contributed by atoms with E-state index in [1.54, 1.807) is 0 Å². The fourth-order valence-electron chi connectivity index (χ4n) is 3.18. The molecule has 3 atom stereocenters. The standard InChI is InChI=1S/C14H27N3O/c1-4-11(3)13-14(18)17(10-15-13)9-12-7-6-8-16(12)5-2/h11-13,15H,4-10H2,1-3H3. The molecule has 2 rings (SSSR count). The Morgan fingerprint density at radius 2 is 2.22 bits per heavy atom. The van der Waals surface area contributed by atoms with Gasteiger partial charge in [0, 0.05) is 12.6 Å². The van der Waals surface area contributed by atoms with Crippen molar-refractivity contribution in [1.29, 1.82) is 0 Å². The minimum atomic E-state index is 0.0477. The maximum absolute atomic E-state index is 12.3. The van der Waals surface area contributed by atoms with Gasteiger partial charge < -0.3 is 4.90 Å². The van der Waals surface area contributed by atoms with Crippen LogP contribution >= 0.6 is 0 Å². The van der Waals surface area contributed by atoms with Gasteiger partial charge in [-0.05, 0) is 31.8 Å². The van der Waals surface area contributed by atoms with E-state index in [1.807, 2.05) is 4.90 Å². The summed E-state index contributed by atoms with van der Waals surface area (Å²) in [6.07, 6.45) is 3.58. The lowest BCUT2D eigenvalue weighted by Gasteiger charge is -2.27. The fourth-order valence-corrected chi connectivity index (χ4v) is 3.18. The van der Waals surface area contributed by atoms with E-state index in [1.165, 1.54) is 19.4 Å². The molecule has 1 amide bonds. The van der Waals surface area contributed by atoms with Crippen LogP contribution in [0.25, 0.3) is 0 Å². The van der Waals surface area contributed by atoms with Crippen molar-refractivity contribution in [2.75, 3.05) is 26.3 Å². The van der Waals surface area contributed by atoms with E-state index >= 15 is 0 Å². The van der Waals surface area contributed by atoms with Crippen LogP contribution in [-0.2, 0) is 4.79 Å². The summed E-state index contributed by atoms with van der Waals surface area (Å²) < 4.78 is 0. The van der Waals surface area contributed by atoms with Crippen LogP contribution in [0.1, 0.15) is 40.0 Å². The summed E-state index contributed by atoms with van der Waals surface area (Å²) in [4.78, 5) is 16.9. The van der Waals surface area contributed by atoms with Crippen LogP contribution in [0.2, 0.25) is 0 Å². The number of rotatable bonds is 5. The van der Waals surface area contributed by atoms with Crippen molar-refractivity contribution >= 4 is 5.91 Å². The zero-order valence-corrected chi connectivity index (χ0v) is 12.0. The first kappa shape index (κ1) is 13.8. The van der Waals surface area contributed by atoms with Gasteiger partial charge in [0.25, 0.3) is 0 Å². The first-order valence-electron chi connectivity index (χ1n) is 7.43. The third-order valence-electron chi connectivity index (χ3n) is 4.63. The van der Waals surface area contributed by atoms with Gasteiger partial charge in [-0.1, -0.05) is 27.2 Å². The number of carbonyl (C=O) groups excluding carboxylic acids is 1. The van der Waals surface area contributed by atoms with E-state index < -0.39 is 0 Å². The number of hydrogen-bond acceptors (Lipinski definition) is 3. The molecule has 0 radical (unpaired) electrons. The normalized spacial score (nSPS) is 31.3. The van der Waals surface area contributed by atoms with Gasteiger partial charge in [-0.2, -0.15) is 0 Å². The Morgan fingerprint density at radius 1 is 1.44 bits per heavy atom. The molecule has 0 aliphatic carbocycles. The molecule has 104 valence electrons. The molecule has 2 saturated heterocycles. The quantitative estimate of drug-likeness (QED) is 0.801. The lowest BCUT2D eigenvalue weighted by Crippen LogP contribution is -2.42. The summed E-state index contributed by atoms with van der Waals surface area (Å²) >= 11 is 0.